The van der Waals surface area contributed by atoms with Gasteiger partial charge in [0.1, 0.15) is 0 Å². The Hall–Kier alpha value is -1.35. The molecule has 3 fully saturated rings. The van der Waals surface area contributed by atoms with Crippen molar-refractivity contribution in [3.05, 3.63) is 35.9 Å². The molecule has 1 saturated heterocycles. The van der Waals surface area contributed by atoms with Crippen LogP contribution in [-0.4, -0.2) is 36.5 Å². The van der Waals surface area contributed by atoms with Crippen LogP contribution in [0, 0.1) is 11.3 Å². The molecule has 0 radical (unpaired) electrons. The summed E-state index contributed by atoms with van der Waals surface area (Å²) in [4.78, 5) is 15.9. The number of carbonyl (C=O) groups is 1. The lowest BCUT2D eigenvalue weighted by Gasteiger charge is -2.39. The molecule has 1 heterocycles. The molecule has 1 amide bonds. The number of likely N-dealkylation sites (tertiary alicyclic amines) is 1. The van der Waals surface area contributed by atoms with Crippen molar-refractivity contribution in [1.29, 1.82) is 0 Å². The Bertz CT molecular complexity index is 602. The average molecular weight is 369 g/mol. The summed E-state index contributed by atoms with van der Waals surface area (Å²) in [5.74, 6) is 1.05. The van der Waals surface area contributed by atoms with Crippen LogP contribution in [0.5, 0.6) is 0 Å². The van der Waals surface area contributed by atoms with Crippen molar-refractivity contribution in [2.45, 2.75) is 76.7 Å². The molecular weight excluding hydrogens is 332 g/mol. The highest BCUT2D eigenvalue weighted by molar-refractivity contribution is 5.83. The van der Waals surface area contributed by atoms with E-state index in [4.69, 9.17) is 0 Å². The third-order valence-corrected chi connectivity index (χ3v) is 7.50. The Morgan fingerprint density at radius 2 is 1.74 bits per heavy atom. The number of nitrogens with zero attached hydrogens (tertiary/aromatic N) is 1. The van der Waals surface area contributed by atoms with Crippen LogP contribution in [0.3, 0.4) is 0 Å². The second-order valence-electron chi connectivity index (χ2n) is 9.19. The van der Waals surface area contributed by atoms with Gasteiger partial charge in [-0.15, -0.1) is 0 Å². The zero-order valence-corrected chi connectivity index (χ0v) is 16.8. The van der Waals surface area contributed by atoms with Crippen molar-refractivity contribution in [2.24, 2.45) is 11.3 Å². The fourth-order valence-corrected chi connectivity index (χ4v) is 5.90. The van der Waals surface area contributed by atoms with E-state index in [0.717, 1.165) is 45.3 Å². The van der Waals surface area contributed by atoms with E-state index < -0.39 is 0 Å². The Morgan fingerprint density at radius 1 is 1.00 bits per heavy atom. The van der Waals surface area contributed by atoms with Gasteiger partial charge < -0.3 is 10.2 Å². The first-order valence-electron chi connectivity index (χ1n) is 11.3. The fraction of sp³-hybridized carbons (Fsp3) is 0.708. The van der Waals surface area contributed by atoms with Gasteiger partial charge in [-0.25, -0.2) is 0 Å². The maximum absolute atomic E-state index is 13.4. The minimum atomic E-state index is -0.0299. The van der Waals surface area contributed by atoms with Crippen LogP contribution < -0.4 is 5.32 Å². The summed E-state index contributed by atoms with van der Waals surface area (Å²) in [6.07, 6.45) is 13.6. The normalized spacial score (nSPS) is 26.3. The number of benzene rings is 1. The highest BCUT2D eigenvalue weighted by Gasteiger charge is 2.47. The Labute approximate surface area is 164 Å². The van der Waals surface area contributed by atoms with Gasteiger partial charge in [0.25, 0.3) is 0 Å². The fourth-order valence-electron chi connectivity index (χ4n) is 5.90. The van der Waals surface area contributed by atoms with Crippen molar-refractivity contribution in [3.8, 4) is 0 Å². The van der Waals surface area contributed by atoms with Crippen LogP contribution in [0.1, 0.15) is 69.8 Å². The lowest BCUT2D eigenvalue weighted by atomic mass is 9.67. The van der Waals surface area contributed by atoms with Gasteiger partial charge in [0, 0.05) is 25.7 Å². The standard InChI is InChI=1S/C24H36N2O/c27-23(24(15-7-8-16-24)21-11-5-2-6-12-21)25-22-14-18-26(19-22)17-13-20-9-3-1-4-10-20/h1,3-4,9-10,21-22H,2,5-8,11-19H2,(H,25,27)/t22-/m0/s1. The van der Waals surface area contributed by atoms with E-state index in [2.05, 4.69) is 40.5 Å². The summed E-state index contributed by atoms with van der Waals surface area (Å²) in [7, 11) is 0. The first kappa shape index (κ1) is 19.0. The lowest BCUT2D eigenvalue weighted by molar-refractivity contribution is -0.135. The zero-order valence-electron chi connectivity index (χ0n) is 16.8. The van der Waals surface area contributed by atoms with Gasteiger partial charge >= 0.3 is 0 Å². The van der Waals surface area contributed by atoms with Gasteiger partial charge in [0.05, 0.1) is 5.41 Å². The summed E-state index contributed by atoms with van der Waals surface area (Å²) >= 11 is 0. The van der Waals surface area contributed by atoms with E-state index in [1.807, 2.05) is 0 Å². The predicted molar refractivity (Wildman–Crippen MR) is 111 cm³/mol. The topological polar surface area (TPSA) is 32.3 Å². The Morgan fingerprint density at radius 3 is 2.48 bits per heavy atom. The number of hydrogen-bond donors (Lipinski definition) is 1. The summed E-state index contributed by atoms with van der Waals surface area (Å²) in [5, 5.41) is 3.51. The zero-order chi connectivity index (χ0) is 18.5. The van der Waals surface area contributed by atoms with E-state index in [1.165, 1.54) is 50.5 Å². The summed E-state index contributed by atoms with van der Waals surface area (Å²) in [5.41, 5.74) is 1.38. The Kier molecular flexibility index (Phi) is 6.17. The molecule has 1 N–H and O–H groups in total. The molecule has 0 unspecified atom stereocenters. The van der Waals surface area contributed by atoms with Crippen molar-refractivity contribution >= 4 is 5.91 Å². The molecule has 3 nitrogen and oxygen atoms in total. The van der Waals surface area contributed by atoms with Gasteiger partial charge in [-0.3, -0.25) is 4.79 Å². The molecule has 0 spiro atoms. The van der Waals surface area contributed by atoms with Crippen LogP contribution in [0.15, 0.2) is 30.3 Å². The molecule has 1 aromatic rings. The minimum absolute atomic E-state index is 0.0299. The molecule has 27 heavy (non-hydrogen) atoms. The summed E-state index contributed by atoms with van der Waals surface area (Å²) < 4.78 is 0. The van der Waals surface area contributed by atoms with Gasteiger partial charge in [-0.1, -0.05) is 62.4 Å². The van der Waals surface area contributed by atoms with E-state index in [-0.39, 0.29) is 5.41 Å². The number of carbonyl (C=O) groups excluding carboxylic acids is 1. The predicted octanol–water partition coefficient (Wildman–Crippen LogP) is 4.56. The van der Waals surface area contributed by atoms with Gasteiger partial charge in [0.15, 0.2) is 0 Å². The van der Waals surface area contributed by atoms with Crippen molar-refractivity contribution in [1.82, 2.24) is 10.2 Å². The van der Waals surface area contributed by atoms with Crippen LogP contribution in [0.4, 0.5) is 0 Å². The van der Waals surface area contributed by atoms with Crippen molar-refractivity contribution in [2.75, 3.05) is 19.6 Å². The second kappa shape index (κ2) is 8.77. The first-order chi connectivity index (χ1) is 13.3. The molecule has 1 aromatic carbocycles. The van der Waals surface area contributed by atoms with Crippen molar-refractivity contribution < 1.29 is 4.79 Å². The molecule has 2 aliphatic carbocycles. The monoisotopic (exact) mass is 368 g/mol. The van der Waals surface area contributed by atoms with Gasteiger partial charge in [-0.05, 0) is 50.0 Å². The van der Waals surface area contributed by atoms with E-state index >= 15 is 0 Å². The van der Waals surface area contributed by atoms with Gasteiger partial charge in [-0.2, -0.15) is 0 Å². The Balaban J connectivity index is 1.30. The van der Waals surface area contributed by atoms with Crippen LogP contribution in [0.2, 0.25) is 0 Å². The average Bonchev–Trinajstić information content (AvgIpc) is 3.38. The van der Waals surface area contributed by atoms with E-state index in [1.54, 1.807) is 0 Å². The van der Waals surface area contributed by atoms with Crippen molar-refractivity contribution in [3.63, 3.8) is 0 Å². The molecule has 1 atom stereocenters. The quantitative estimate of drug-likeness (QED) is 0.798. The summed E-state index contributed by atoms with van der Waals surface area (Å²) in [6.45, 7) is 3.25. The largest absolute Gasteiger partial charge is 0.352 e. The van der Waals surface area contributed by atoms with Crippen LogP contribution in [-0.2, 0) is 11.2 Å². The SMILES string of the molecule is O=C(N[C@H]1CCN(CCc2ccccc2)C1)C1(C2CCCCC2)CCCC1. The smallest absolute Gasteiger partial charge is 0.226 e. The van der Waals surface area contributed by atoms with E-state index in [9.17, 15) is 4.79 Å². The molecule has 2 saturated carbocycles. The third-order valence-electron chi connectivity index (χ3n) is 7.50. The van der Waals surface area contributed by atoms with Crippen LogP contribution >= 0.6 is 0 Å². The first-order valence-corrected chi connectivity index (χ1v) is 11.3. The number of rotatable bonds is 6. The molecular formula is C24H36N2O. The minimum Gasteiger partial charge on any atom is -0.352 e. The molecule has 148 valence electrons. The maximum Gasteiger partial charge on any atom is 0.226 e. The molecule has 1 aliphatic heterocycles. The molecule has 0 aromatic heterocycles. The molecule has 4 rings (SSSR count). The highest BCUT2D eigenvalue weighted by atomic mass is 16.2. The molecule has 3 heteroatoms. The summed E-state index contributed by atoms with van der Waals surface area (Å²) in [6, 6.07) is 11.1. The lowest BCUT2D eigenvalue weighted by Crippen LogP contribution is -2.49. The highest BCUT2D eigenvalue weighted by Crippen LogP contribution is 2.50. The number of amides is 1. The molecule has 3 aliphatic rings. The van der Waals surface area contributed by atoms with Crippen LogP contribution in [0.25, 0.3) is 0 Å². The second-order valence-corrected chi connectivity index (χ2v) is 9.19. The number of hydrogen-bond acceptors (Lipinski definition) is 2. The third kappa shape index (κ3) is 4.39. The molecule has 0 bridgehead atoms. The van der Waals surface area contributed by atoms with Gasteiger partial charge in [0.2, 0.25) is 5.91 Å². The number of nitrogens with one attached hydrogen (secondary N) is 1. The maximum atomic E-state index is 13.4. The van der Waals surface area contributed by atoms with E-state index in [0.29, 0.717) is 17.9 Å².